The molecule has 0 radical (unpaired) electrons. The van der Waals surface area contributed by atoms with E-state index in [1.165, 1.54) is 19.2 Å². The maximum atomic E-state index is 10.4. The van der Waals surface area contributed by atoms with Crippen LogP contribution in [0.3, 0.4) is 0 Å². The molecule has 0 unspecified atom stereocenters. The Morgan fingerprint density at radius 3 is 1.77 bits per heavy atom. The fourth-order valence-electron chi connectivity index (χ4n) is 0.592. The van der Waals surface area contributed by atoms with Gasteiger partial charge in [-0.25, -0.2) is 0 Å². The van der Waals surface area contributed by atoms with Crippen LogP contribution in [0.2, 0.25) is 0 Å². The summed E-state index contributed by atoms with van der Waals surface area (Å²) in [5, 5.41) is 0. The van der Waals surface area contributed by atoms with E-state index in [9.17, 15) is 8.42 Å². The van der Waals surface area contributed by atoms with Gasteiger partial charge in [0.15, 0.2) is 0 Å². The van der Waals surface area contributed by atoms with Gasteiger partial charge in [-0.15, -0.1) is 0 Å². The van der Waals surface area contributed by atoms with E-state index in [0.717, 1.165) is 0 Å². The van der Waals surface area contributed by atoms with Crippen molar-refractivity contribution < 1.29 is 18.4 Å². The topological polar surface area (TPSA) is 112 Å². The van der Waals surface area contributed by atoms with Crippen molar-refractivity contribution in [3.63, 3.8) is 0 Å². The van der Waals surface area contributed by atoms with Crippen LogP contribution >= 0.6 is 0 Å². The highest BCUT2D eigenvalue weighted by Gasteiger charge is 2.05. The fourth-order valence-corrected chi connectivity index (χ4v) is 1.09. The highest BCUT2D eigenvalue weighted by atomic mass is 32.2. The number of benzene rings is 1. The minimum atomic E-state index is -4.00. The van der Waals surface area contributed by atoms with E-state index in [0.29, 0.717) is 0 Å². The Labute approximate surface area is 77.3 Å². The van der Waals surface area contributed by atoms with Crippen molar-refractivity contribution in [1.29, 1.82) is 0 Å². The molecule has 0 aliphatic rings. The lowest BCUT2D eigenvalue weighted by Crippen LogP contribution is -1.96. The summed E-state index contributed by atoms with van der Waals surface area (Å²) in [7, 11) is -2.50. The van der Waals surface area contributed by atoms with E-state index >= 15 is 0 Å². The molecule has 0 heterocycles. The predicted octanol–water partition coefficient (Wildman–Crippen LogP) is -0.317. The van der Waals surface area contributed by atoms with Crippen LogP contribution in [0.1, 0.15) is 0 Å². The van der Waals surface area contributed by atoms with Gasteiger partial charge in [-0.1, -0.05) is 18.2 Å². The van der Waals surface area contributed by atoms with Crippen LogP contribution in [-0.2, 0) is 10.1 Å². The molecule has 0 saturated heterocycles. The van der Waals surface area contributed by atoms with E-state index in [1.807, 2.05) is 0 Å². The van der Waals surface area contributed by atoms with Crippen LogP contribution < -0.4 is 5.73 Å². The Hall–Kier alpha value is -0.950. The minimum Gasteiger partial charge on any atom is -0.412 e. The number of hydrogen-bond donors (Lipinski definition) is 2. The van der Waals surface area contributed by atoms with E-state index in [4.69, 9.17) is 4.55 Å². The highest BCUT2D eigenvalue weighted by Crippen LogP contribution is 2.05. The largest absolute Gasteiger partial charge is 0.412 e. The van der Waals surface area contributed by atoms with Crippen molar-refractivity contribution >= 4 is 10.1 Å². The molecule has 0 amide bonds. The summed E-state index contributed by atoms with van der Waals surface area (Å²) in [5.74, 6) is 0. The molecule has 1 rings (SSSR count). The summed E-state index contributed by atoms with van der Waals surface area (Å²) in [5.41, 5.74) is 4.50. The molecule has 1 aromatic carbocycles. The maximum absolute atomic E-state index is 10.4. The molecule has 0 fully saturated rings. The van der Waals surface area contributed by atoms with Crippen LogP contribution in [0.5, 0.6) is 0 Å². The first-order chi connectivity index (χ1) is 5.61. The van der Waals surface area contributed by atoms with Gasteiger partial charge in [0.2, 0.25) is 0 Å². The Balaban J connectivity index is 0. The monoisotopic (exact) mass is 207 g/mol. The summed E-state index contributed by atoms with van der Waals surface area (Å²) in [6.45, 7) is 0. The first kappa shape index (κ1) is 14.6. The van der Waals surface area contributed by atoms with E-state index in [2.05, 4.69) is 5.73 Å². The van der Waals surface area contributed by atoms with Crippen LogP contribution in [0.25, 0.3) is 0 Å². The van der Waals surface area contributed by atoms with Crippen molar-refractivity contribution in [3.05, 3.63) is 30.3 Å². The molecule has 13 heavy (non-hydrogen) atoms. The lowest BCUT2D eigenvalue weighted by Gasteiger charge is -1.92. The average molecular weight is 207 g/mol. The second-order valence-electron chi connectivity index (χ2n) is 1.79. The molecular formula is C7H13NO4S. The maximum Gasteiger partial charge on any atom is 0.294 e. The van der Waals surface area contributed by atoms with Gasteiger partial charge in [0, 0.05) is 0 Å². The third-order valence-electron chi connectivity index (χ3n) is 1.04. The Morgan fingerprint density at radius 2 is 1.54 bits per heavy atom. The van der Waals surface area contributed by atoms with E-state index in [1.54, 1.807) is 18.2 Å². The van der Waals surface area contributed by atoms with Crippen LogP contribution in [0, 0.1) is 0 Å². The molecule has 76 valence electrons. The lowest BCUT2D eigenvalue weighted by atomic mass is 10.4. The molecule has 0 bridgehead atoms. The molecular weight excluding hydrogens is 194 g/mol. The van der Waals surface area contributed by atoms with E-state index in [-0.39, 0.29) is 10.4 Å². The van der Waals surface area contributed by atoms with Crippen molar-refractivity contribution in [2.45, 2.75) is 4.90 Å². The zero-order chi connectivity index (χ0) is 9.61. The van der Waals surface area contributed by atoms with Crippen LogP contribution in [0.4, 0.5) is 0 Å². The van der Waals surface area contributed by atoms with Crippen molar-refractivity contribution in [1.82, 2.24) is 0 Å². The normalized spacial score (nSPS) is 9.15. The first-order valence-electron chi connectivity index (χ1n) is 3.21. The van der Waals surface area contributed by atoms with Crippen LogP contribution in [-0.4, -0.2) is 25.5 Å². The number of hydrogen-bond acceptors (Lipinski definition) is 3. The van der Waals surface area contributed by atoms with Gasteiger partial charge >= 0.3 is 0 Å². The summed E-state index contributed by atoms with van der Waals surface area (Å²) < 4.78 is 29.2. The SMILES string of the molecule is CN.O.O=S(=O)(O)c1ccccc1. The standard InChI is InChI=1S/C6H6O3S.CH5N.H2O/c7-10(8,9)6-4-2-1-3-5-6;1-2;/h1-5H,(H,7,8,9);2H2,1H3;1H2. The molecule has 5 N–H and O–H groups in total. The zero-order valence-corrected chi connectivity index (χ0v) is 7.95. The van der Waals surface area contributed by atoms with Gasteiger partial charge in [-0.05, 0) is 19.2 Å². The molecule has 6 heteroatoms. The second-order valence-corrected chi connectivity index (χ2v) is 3.21. The Bertz CT molecular complexity index is 309. The molecule has 0 aromatic heterocycles. The Kier molecular flexibility index (Phi) is 7.34. The molecule has 0 aliphatic carbocycles. The molecule has 1 aromatic rings. The van der Waals surface area contributed by atoms with Gasteiger partial charge in [-0.2, -0.15) is 8.42 Å². The van der Waals surface area contributed by atoms with E-state index < -0.39 is 10.1 Å². The molecule has 0 spiro atoms. The third kappa shape index (κ3) is 5.31. The summed E-state index contributed by atoms with van der Waals surface area (Å²) in [4.78, 5) is -0.0741. The van der Waals surface area contributed by atoms with Crippen LogP contribution in [0.15, 0.2) is 35.2 Å². The second kappa shape index (κ2) is 6.55. The summed E-state index contributed by atoms with van der Waals surface area (Å²) in [6, 6.07) is 7.42. The van der Waals surface area contributed by atoms with Gasteiger partial charge in [0.05, 0.1) is 4.90 Å². The third-order valence-corrected chi connectivity index (χ3v) is 1.91. The fraction of sp³-hybridized carbons (Fsp3) is 0.143. The molecule has 0 aliphatic heterocycles. The predicted molar refractivity (Wildman–Crippen MR) is 50.0 cm³/mol. The number of rotatable bonds is 1. The first-order valence-corrected chi connectivity index (χ1v) is 4.65. The molecule has 5 nitrogen and oxygen atoms in total. The highest BCUT2D eigenvalue weighted by molar-refractivity contribution is 7.85. The smallest absolute Gasteiger partial charge is 0.294 e. The van der Waals surface area contributed by atoms with Crippen molar-refractivity contribution in [2.24, 2.45) is 5.73 Å². The quantitative estimate of drug-likeness (QED) is 0.614. The summed E-state index contributed by atoms with van der Waals surface area (Å²) in [6.07, 6.45) is 0. The van der Waals surface area contributed by atoms with Crippen molar-refractivity contribution in [2.75, 3.05) is 7.05 Å². The minimum absolute atomic E-state index is 0. The molecule has 0 atom stereocenters. The average Bonchev–Trinajstić information content (AvgIpc) is 2.08. The molecule has 0 saturated carbocycles. The zero-order valence-electron chi connectivity index (χ0n) is 7.14. The summed E-state index contributed by atoms with van der Waals surface area (Å²) >= 11 is 0. The Morgan fingerprint density at radius 1 is 1.15 bits per heavy atom. The number of nitrogens with two attached hydrogens (primary N) is 1. The van der Waals surface area contributed by atoms with Gasteiger partial charge in [0.1, 0.15) is 0 Å². The lowest BCUT2D eigenvalue weighted by molar-refractivity contribution is 0.483. The van der Waals surface area contributed by atoms with Crippen molar-refractivity contribution in [3.8, 4) is 0 Å². The van der Waals surface area contributed by atoms with Gasteiger partial charge < -0.3 is 11.2 Å². The van der Waals surface area contributed by atoms with Gasteiger partial charge in [-0.3, -0.25) is 4.55 Å². The van der Waals surface area contributed by atoms with Gasteiger partial charge in [0.25, 0.3) is 10.1 Å².